The first-order valence-electron chi connectivity index (χ1n) is 4.68. The van der Waals surface area contributed by atoms with Gasteiger partial charge in [0, 0.05) is 6.08 Å². The Bertz CT molecular complexity index is 459. The predicted octanol–water partition coefficient (Wildman–Crippen LogP) is 0.727. The van der Waals surface area contributed by atoms with Crippen LogP contribution in [-0.4, -0.2) is 21.1 Å². The maximum absolute atomic E-state index is 11.3. The first kappa shape index (κ1) is 10.2. The van der Waals surface area contributed by atoms with Crippen molar-refractivity contribution in [1.82, 2.24) is 20.5 Å². The number of nitrogens with zero attached hydrogens (tertiary/aromatic N) is 2. The fraction of sp³-hybridized carbons (Fsp3) is 0.100. The molecule has 2 N–H and O–H groups in total. The van der Waals surface area contributed by atoms with Crippen LogP contribution in [0.5, 0.6) is 0 Å². The quantitative estimate of drug-likeness (QED) is 0.741. The van der Waals surface area contributed by atoms with Gasteiger partial charge < -0.3 is 9.73 Å². The number of hydrogen-bond donors (Lipinski definition) is 2. The molecule has 0 spiro atoms. The van der Waals surface area contributed by atoms with Gasteiger partial charge in [0.05, 0.1) is 12.8 Å². The molecule has 0 saturated carbocycles. The largest absolute Gasteiger partial charge is 0.465 e. The maximum Gasteiger partial charge on any atom is 0.244 e. The average molecular weight is 218 g/mol. The van der Waals surface area contributed by atoms with Crippen molar-refractivity contribution in [1.29, 1.82) is 0 Å². The summed E-state index contributed by atoms with van der Waals surface area (Å²) in [5, 5.41) is 8.96. The Hall–Kier alpha value is -2.37. The Kier molecular flexibility index (Phi) is 3.12. The fourth-order valence-corrected chi connectivity index (χ4v) is 1.09. The lowest BCUT2D eigenvalue weighted by molar-refractivity contribution is -0.116. The summed E-state index contributed by atoms with van der Waals surface area (Å²) >= 11 is 0. The number of furan rings is 1. The summed E-state index contributed by atoms with van der Waals surface area (Å²) in [4.78, 5) is 15.2. The molecule has 0 unspecified atom stereocenters. The molecule has 6 heteroatoms. The van der Waals surface area contributed by atoms with E-state index in [4.69, 9.17) is 4.42 Å². The molecule has 6 nitrogen and oxygen atoms in total. The molecule has 0 atom stereocenters. The third-order valence-electron chi connectivity index (χ3n) is 1.84. The van der Waals surface area contributed by atoms with Gasteiger partial charge in [-0.15, -0.1) is 0 Å². The molecule has 0 saturated heterocycles. The number of carbonyl (C=O) groups is 1. The SMILES string of the molecule is O=C(/C=C/c1ccco1)NCc1ncn[nH]1. The van der Waals surface area contributed by atoms with Crippen molar-refractivity contribution >= 4 is 12.0 Å². The molecule has 0 bridgehead atoms. The van der Waals surface area contributed by atoms with E-state index in [2.05, 4.69) is 20.5 Å². The molecular formula is C10H10N4O2. The van der Waals surface area contributed by atoms with Crippen LogP contribution in [0, 0.1) is 0 Å². The molecule has 0 aromatic carbocycles. The lowest BCUT2D eigenvalue weighted by atomic mass is 10.4. The van der Waals surface area contributed by atoms with Gasteiger partial charge in [-0.25, -0.2) is 4.98 Å². The molecular weight excluding hydrogens is 208 g/mol. The zero-order valence-electron chi connectivity index (χ0n) is 8.38. The highest BCUT2D eigenvalue weighted by atomic mass is 16.3. The van der Waals surface area contributed by atoms with Crippen LogP contribution in [0.4, 0.5) is 0 Å². The van der Waals surface area contributed by atoms with Crippen molar-refractivity contribution in [2.24, 2.45) is 0 Å². The van der Waals surface area contributed by atoms with Gasteiger partial charge in [0.2, 0.25) is 5.91 Å². The van der Waals surface area contributed by atoms with Crippen LogP contribution < -0.4 is 5.32 Å². The molecule has 2 rings (SSSR count). The second kappa shape index (κ2) is 4.92. The van der Waals surface area contributed by atoms with Crippen LogP contribution in [0.15, 0.2) is 35.2 Å². The summed E-state index contributed by atoms with van der Waals surface area (Å²) in [5.41, 5.74) is 0. The van der Waals surface area contributed by atoms with E-state index in [1.807, 2.05) is 0 Å². The van der Waals surface area contributed by atoms with Gasteiger partial charge in [-0.2, -0.15) is 5.10 Å². The molecule has 0 fully saturated rings. The van der Waals surface area contributed by atoms with E-state index in [1.54, 1.807) is 24.5 Å². The fourth-order valence-electron chi connectivity index (χ4n) is 1.09. The lowest BCUT2D eigenvalue weighted by Crippen LogP contribution is -2.20. The van der Waals surface area contributed by atoms with Crippen molar-refractivity contribution in [3.63, 3.8) is 0 Å². The number of aromatic nitrogens is 3. The molecule has 2 heterocycles. The standard InChI is InChI=1S/C10H10N4O2/c15-10(4-3-8-2-1-5-16-8)11-6-9-12-7-13-14-9/h1-5,7H,6H2,(H,11,15)(H,12,13,14)/b4-3+. The van der Waals surface area contributed by atoms with E-state index >= 15 is 0 Å². The van der Waals surface area contributed by atoms with Gasteiger partial charge >= 0.3 is 0 Å². The number of amides is 1. The minimum Gasteiger partial charge on any atom is -0.465 e. The average Bonchev–Trinajstić information content (AvgIpc) is 2.96. The van der Waals surface area contributed by atoms with Gasteiger partial charge in [0.1, 0.15) is 17.9 Å². The van der Waals surface area contributed by atoms with E-state index in [0.29, 0.717) is 18.1 Å². The zero-order valence-corrected chi connectivity index (χ0v) is 8.38. The van der Waals surface area contributed by atoms with Crippen molar-refractivity contribution in [2.45, 2.75) is 6.54 Å². The van der Waals surface area contributed by atoms with E-state index in [9.17, 15) is 4.79 Å². The monoisotopic (exact) mass is 218 g/mol. The van der Waals surface area contributed by atoms with Crippen molar-refractivity contribution < 1.29 is 9.21 Å². The number of carbonyl (C=O) groups excluding carboxylic acids is 1. The number of H-pyrrole nitrogens is 1. The third-order valence-corrected chi connectivity index (χ3v) is 1.84. The molecule has 0 aliphatic heterocycles. The number of rotatable bonds is 4. The van der Waals surface area contributed by atoms with Gasteiger partial charge in [0.15, 0.2) is 0 Å². The van der Waals surface area contributed by atoms with Crippen LogP contribution in [0.1, 0.15) is 11.6 Å². The first-order valence-corrected chi connectivity index (χ1v) is 4.68. The summed E-state index contributed by atoms with van der Waals surface area (Å²) in [7, 11) is 0. The zero-order chi connectivity index (χ0) is 11.2. The molecule has 2 aromatic rings. The van der Waals surface area contributed by atoms with Gasteiger partial charge in [0.25, 0.3) is 0 Å². The van der Waals surface area contributed by atoms with E-state index in [1.165, 1.54) is 12.4 Å². The highest BCUT2D eigenvalue weighted by Gasteiger charge is 1.98. The Morgan fingerprint density at radius 2 is 2.56 bits per heavy atom. The van der Waals surface area contributed by atoms with E-state index in [0.717, 1.165) is 0 Å². The van der Waals surface area contributed by atoms with Gasteiger partial charge in [-0.05, 0) is 18.2 Å². The Labute approximate surface area is 91.4 Å². The van der Waals surface area contributed by atoms with Gasteiger partial charge in [-0.3, -0.25) is 9.89 Å². The molecule has 1 amide bonds. The summed E-state index contributed by atoms with van der Waals surface area (Å²) in [6, 6.07) is 3.52. The predicted molar refractivity (Wildman–Crippen MR) is 56.0 cm³/mol. The highest BCUT2D eigenvalue weighted by Crippen LogP contribution is 2.01. The van der Waals surface area contributed by atoms with Crippen molar-refractivity contribution in [2.75, 3.05) is 0 Å². The van der Waals surface area contributed by atoms with E-state index < -0.39 is 0 Å². The van der Waals surface area contributed by atoms with Crippen molar-refractivity contribution in [3.8, 4) is 0 Å². The summed E-state index contributed by atoms with van der Waals surface area (Å²) in [6.45, 7) is 0.321. The minimum absolute atomic E-state index is 0.215. The topological polar surface area (TPSA) is 83.8 Å². The van der Waals surface area contributed by atoms with Crippen LogP contribution >= 0.6 is 0 Å². The summed E-state index contributed by atoms with van der Waals surface area (Å²) < 4.78 is 5.04. The van der Waals surface area contributed by atoms with Crippen LogP contribution in [-0.2, 0) is 11.3 Å². The molecule has 82 valence electrons. The minimum atomic E-state index is -0.215. The van der Waals surface area contributed by atoms with Crippen molar-refractivity contribution in [3.05, 3.63) is 42.4 Å². The normalized spacial score (nSPS) is 10.8. The number of hydrogen-bond acceptors (Lipinski definition) is 4. The Balaban J connectivity index is 1.81. The molecule has 0 aliphatic rings. The summed E-state index contributed by atoms with van der Waals surface area (Å²) in [5.74, 6) is 1.03. The van der Waals surface area contributed by atoms with E-state index in [-0.39, 0.29) is 5.91 Å². The van der Waals surface area contributed by atoms with Crippen LogP contribution in [0.25, 0.3) is 6.08 Å². The van der Waals surface area contributed by atoms with Crippen LogP contribution in [0.3, 0.4) is 0 Å². The summed E-state index contributed by atoms with van der Waals surface area (Å²) in [6.07, 6.45) is 5.93. The number of aromatic amines is 1. The third kappa shape index (κ3) is 2.81. The molecule has 2 aromatic heterocycles. The number of nitrogens with one attached hydrogen (secondary N) is 2. The molecule has 0 radical (unpaired) electrons. The Morgan fingerprint density at radius 1 is 1.62 bits per heavy atom. The Morgan fingerprint density at radius 3 is 3.25 bits per heavy atom. The second-order valence-corrected chi connectivity index (χ2v) is 3.00. The smallest absolute Gasteiger partial charge is 0.244 e. The second-order valence-electron chi connectivity index (χ2n) is 3.00. The molecule has 16 heavy (non-hydrogen) atoms. The highest BCUT2D eigenvalue weighted by molar-refractivity contribution is 5.91. The maximum atomic E-state index is 11.3. The van der Waals surface area contributed by atoms with Crippen LogP contribution in [0.2, 0.25) is 0 Å². The van der Waals surface area contributed by atoms with Gasteiger partial charge in [-0.1, -0.05) is 0 Å². The first-order chi connectivity index (χ1) is 7.84. The lowest BCUT2D eigenvalue weighted by Gasteiger charge is -1.96. The molecule has 0 aliphatic carbocycles.